The van der Waals surface area contributed by atoms with E-state index < -0.39 is 14.8 Å². The molecule has 1 heterocycles. The highest BCUT2D eigenvalue weighted by Gasteiger charge is 2.54. The monoisotopic (exact) mass is 390 g/mol. The van der Waals surface area contributed by atoms with Gasteiger partial charge in [-0.2, -0.15) is 0 Å². The van der Waals surface area contributed by atoms with Crippen molar-refractivity contribution in [3.63, 3.8) is 0 Å². The van der Waals surface area contributed by atoms with Gasteiger partial charge in [0.05, 0.1) is 13.2 Å². The summed E-state index contributed by atoms with van der Waals surface area (Å²) in [7, 11) is -2.76. The largest absolute Gasteiger partial charge is 0.504 e. The summed E-state index contributed by atoms with van der Waals surface area (Å²) < 4.78 is 31.3. The fourth-order valence-corrected chi connectivity index (χ4v) is 5.64. The molecule has 0 spiro atoms. The van der Waals surface area contributed by atoms with Crippen LogP contribution in [0.5, 0.6) is 0 Å². The first-order valence-corrected chi connectivity index (χ1v) is 12.8. The van der Waals surface area contributed by atoms with E-state index in [-0.39, 0.29) is 0 Å². The molecule has 0 aromatic carbocycles. The molecule has 1 aliphatic heterocycles. The predicted octanol–water partition coefficient (Wildman–Crippen LogP) is 5.66. The third-order valence-corrected chi connectivity index (χ3v) is 7.43. The molecule has 6 heteroatoms. The van der Waals surface area contributed by atoms with Crippen LogP contribution in [-0.2, 0) is 22.8 Å². The molecule has 0 aromatic rings. The summed E-state index contributed by atoms with van der Waals surface area (Å²) in [6.07, 6.45) is 10.2. The first-order valence-electron chi connectivity index (χ1n) is 10.9. The molecule has 0 aliphatic carbocycles. The van der Waals surface area contributed by atoms with Crippen molar-refractivity contribution in [1.82, 2.24) is 0 Å². The zero-order chi connectivity index (χ0) is 19.1. The number of hydrogen-bond donors (Lipinski definition) is 0. The Balaban J connectivity index is 2.82. The zero-order valence-electron chi connectivity index (χ0n) is 17.6. The molecule has 1 fully saturated rings. The van der Waals surface area contributed by atoms with E-state index in [1.165, 1.54) is 0 Å². The highest BCUT2D eigenvalue weighted by atomic mass is 28.4. The van der Waals surface area contributed by atoms with E-state index in [0.29, 0.717) is 26.4 Å². The highest BCUT2D eigenvalue weighted by Crippen LogP contribution is 2.37. The lowest BCUT2D eigenvalue weighted by molar-refractivity contribution is -0.368. The van der Waals surface area contributed by atoms with Crippen LogP contribution in [0, 0.1) is 0 Å². The maximum absolute atomic E-state index is 6.50. The van der Waals surface area contributed by atoms with Crippen LogP contribution in [0.1, 0.15) is 91.9 Å². The lowest BCUT2D eigenvalue weighted by atomic mass is 10.3. The summed E-state index contributed by atoms with van der Waals surface area (Å²) in [5.74, 6) is -0.979. The van der Waals surface area contributed by atoms with Gasteiger partial charge in [0.1, 0.15) is 0 Å². The Morgan fingerprint density at radius 2 is 1.19 bits per heavy atom. The van der Waals surface area contributed by atoms with Crippen molar-refractivity contribution in [1.29, 1.82) is 0 Å². The minimum atomic E-state index is -2.76. The first kappa shape index (κ1) is 24.1. The second-order valence-electron chi connectivity index (χ2n) is 7.13. The van der Waals surface area contributed by atoms with Crippen LogP contribution in [0.3, 0.4) is 0 Å². The smallest absolute Gasteiger partial charge is 0.373 e. The standard InChI is InChI=1S/C20H42O5Si/c1-5-9-15-21-20(22-16-10-6-2)14-13-19-26(25-20,23-17-11-7-3)24-18-12-8-4/h5-19H2,1-4H3. The molecule has 0 N–H and O–H groups in total. The minimum Gasteiger partial charge on any atom is -0.373 e. The Morgan fingerprint density at radius 1 is 0.731 bits per heavy atom. The van der Waals surface area contributed by atoms with Crippen LogP contribution in [-0.4, -0.2) is 41.2 Å². The van der Waals surface area contributed by atoms with E-state index >= 15 is 0 Å². The number of hydrogen-bond acceptors (Lipinski definition) is 5. The van der Waals surface area contributed by atoms with E-state index in [1.807, 2.05) is 0 Å². The summed E-state index contributed by atoms with van der Waals surface area (Å²) in [5, 5.41) is 0. The van der Waals surface area contributed by atoms with Gasteiger partial charge >= 0.3 is 8.80 Å². The zero-order valence-corrected chi connectivity index (χ0v) is 18.6. The number of ether oxygens (including phenoxy) is 2. The topological polar surface area (TPSA) is 46.2 Å². The van der Waals surface area contributed by atoms with Gasteiger partial charge in [-0.05, 0) is 32.1 Å². The average Bonchev–Trinajstić information content (AvgIpc) is 2.63. The fourth-order valence-electron chi connectivity index (χ4n) is 2.84. The third-order valence-electron chi connectivity index (χ3n) is 4.56. The summed E-state index contributed by atoms with van der Waals surface area (Å²) in [6.45, 7) is 11.3. The molecule has 0 amide bonds. The molecule has 0 atom stereocenters. The maximum Gasteiger partial charge on any atom is 0.504 e. The van der Waals surface area contributed by atoms with Gasteiger partial charge in [0, 0.05) is 25.7 Å². The third kappa shape index (κ3) is 8.80. The van der Waals surface area contributed by atoms with Crippen molar-refractivity contribution in [3.8, 4) is 0 Å². The molecule has 1 aliphatic rings. The Kier molecular flexibility index (Phi) is 13.0. The fraction of sp³-hybridized carbons (Fsp3) is 1.00. The molecule has 156 valence electrons. The summed E-state index contributed by atoms with van der Waals surface area (Å²) in [4.78, 5) is 0. The molecule has 1 saturated heterocycles. The Bertz CT molecular complexity index is 290. The Morgan fingerprint density at radius 3 is 1.65 bits per heavy atom. The molecule has 0 radical (unpaired) electrons. The SMILES string of the molecule is CCCCOC1(OCCCC)CCC[Si](OCCCC)(OCCCC)O1. The normalized spacial score (nSPS) is 18.9. The van der Waals surface area contributed by atoms with Crippen molar-refractivity contribution in [3.05, 3.63) is 0 Å². The molecule has 0 unspecified atom stereocenters. The van der Waals surface area contributed by atoms with Gasteiger partial charge in [0.25, 0.3) is 5.97 Å². The van der Waals surface area contributed by atoms with Crippen molar-refractivity contribution in [2.75, 3.05) is 26.4 Å². The summed E-state index contributed by atoms with van der Waals surface area (Å²) >= 11 is 0. The van der Waals surface area contributed by atoms with Crippen LogP contribution in [0.4, 0.5) is 0 Å². The number of unbranched alkanes of at least 4 members (excludes halogenated alkanes) is 4. The molecule has 5 nitrogen and oxygen atoms in total. The van der Waals surface area contributed by atoms with Gasteiger partial charge in [0.15, 0.2) is 0 Å². The second kappa shape index (κ2) is 14.1. The van der Waals surface area contributed by atoms with Gasteiger partial charge in [0.2, 0.25) is 0 Å². The van der Waals surface area contributed by atoms with E-state index in [1.54, 1.807) is 0 Å². The van der Waals surface area contributed by atoms with Gasteiger partial charge in [-0.1, -0.05) is 53.4 Å². The van der Waals surface area contributed by atoms with Crippen molar-refractivity contribution >= 4 is 8.80 Å². The van der Waals surface area contributed by atoms with Crippen LogP contribution in [0.25, 0.3) is 0 Å². The predicted molar refractivity (Wildman–Crippen MR) is 107 cm³/mol. The molecule has 26 heavy (non-hydrogen) atoms. The van der Waals surface area contributed by atoms with E-state index in [2.05, 4.69) is 27.7 Å². The van der Waals surface area contributed by atoms with Crippen LogP contribution >= 0.6 is 0 Å². The van der Waals surface area contributed by atoms with E-state index in [4.69, 9.17) is 22.8 Å². The quantitative estimate of drug-likeness (QED) is 0.193. The van der Waals surface area contributed by atoms with Crippen molar-refractivity contribution < 1.29 is 22.8 Å². The molecule has 0 bridgehead atoms. The van der Waals surface area contributed by atoms with Gasteiger partial charge in [-0.25, -0.2) is 0 Å². The van der Waals surface area contributed by atoms with Crippen molar-refractivity contribution in [2.45, 2.75) is 104 Å². The average molecular weight is 391 g/mol. The lowest BCUT2D eigenvalue weighted by Crippen LogP contribution is -2.58. The molecule has 1 rings (SSSR count). The van der Waals surface area contributed by atoms with Gasteiger partial charge in [-0.3, -0.25) is 0 Å². The Labute approximate surface area is 162 Å². The maximum atomic E-state index is 6.50. The molecular formula is C20H42O5Si. The van der Waals surface area contributed by atoms with Gasteiger partial charge < -0.3 is 22.8 Å². The van der Waals surface area contributed by atoms with Crippen LogP contribution in [0.15, 0.2) is 0 Å². The molecule has 0 saturated carbocycles. The van der Waals surface area contributed by atoms with Gasteiger partial charge in [-0.15, -0.1) is 0 Å². The van der Waals surface area contributed by atoms with E-state index in [0.717, 1.165) is 70.3 Å². The summed E-state index contributed by atoms with van der Waals surface area (Å²) in [5.41, 5.74) is 0. The van der Waals surface area contributed by atoms with Crippen LogP contribution in [0.2, 0.25) is 6.04 Å². The minimum absolute atomic E-state index is 0.650. The second-order valence-corrected chi connectivity index (χ2v) is 9.78. The summed E-state index contributed by atoms with van der Waals surface area (Å²) in [6, 6.07) is 0.858. The van der Waals surface area contributed by atoms with Crippen LogP contribution < -0.4 is 0 Å². The van der Waals surface area contributed by atoms with Crippen molar-refractivity contribution in [2.24, 2.45) is 0 Å². The highest BCUT2D eigenvalue weighted by molar-refractivity contribution is 6.61. The number of rotatable bonds is 16. The molecule has 0 aromatic heterocycles. The Hall–Kier alpha value is 0.0169. The molecular weight excluding hydrogens is 348 g/mol. The lowest BCUT2D eigenvalue weighted by Gasteiger charge is -2.44. The van der Waals surface area contributed by atoms with E-state index in [9.17, 15) is 0 Å². The first-order chi connectivity index (χ1) is 12.7.